The summed E-state index contributed by atoms with van der Waals surface area (Å²) in [6.07, 6.45) is 1.77. The highest BCUT2D eigenvalue weighted by Crippen LogP contribution is 2.26. The number of pyridine rings is 1. The molecule has 182 valence electrons. The Bertz CT molecular complexity index is 1410. The van der Waals surface area contributed by atoms with Gasteiger partial charge in [-0.15, -0.1) is 0 Å². The van der Waals surface area contributed by atoms with Crippen molar-refractivity contribution in [3.8, 4) is 11.3 Å². The number of carbonyl (C=O) groups is 3. The average molecular weight is 482 g/mol. The average Bonchev–Trinajstić information content (AvgIpc) is 3.52. The summed E-state index contributed by atoms with van der Waals surface area (Å²) in [5, 5.41) is 5.66. The Morgan fingerprint density at radius 3 is 2.53 bits per heavy atom. The van der Waals surface area contributed by atoms with Crippen LogP contribution < -0.4 is 10.6 Å². The van der Waals surface area contributed by atoms with Gasteiger partial charge in [0.2, 0.25) is 17.7 Å². The van der Waals surface area contributed by atoms with Gasteiger partial charge in [0.1, 0.15) is 11.9 Å². The van der Waals surface area contributed by atoms with E-state index in [9.17, 15) is 14.4 Å². The van der Waals surface area contributed by atoms with E-state index in [4.69, 9.17) is 0 Å². The third-order valence-electron chi connectivity index (χ3n) is 6.32. The normalized spacial score (nSPS) is 15.1. The third-order valence-corrected chi connectivity index (χ3v) is 6.32. The van der Waals surface area contributed by atoms with E-state index in [1.54, 1.807) is 11.0 Å². The highest BCUT2D eigenvalue weighted by molar-refractivity contribution is 5.98. The molecule has 0 spiro atoms. The van der Waals surface area contributed by atoms with E-state index in [0.717, 1.165) is 34.3 Å². The number of aromatic amines is 1. The second-order valence-electron chi connectivity index (χ2n) is 8.97. The van der Waals surface area contributed by atoms with E-state index in [0.29, 0.717) is 30.9 Å². The summed E-state index contributed by atoms with van der Waals surface area (Å²) in [5.74, 6) is 0.142. The topological polar surface area (TPSA) is 107 Å². The number of hydrogen-bond acceptors (Lipinski definition) is 4. The minimum atomic E-state index is -0.460. The van der Waals surface area contributed by atoms with Gasteiger partial charge in [-0.05, 0) is 54.3 Å². The number of anilines is 2. The molecule has 8 heteroatoms. The first kappa shape index (κ1) is 23.3. The molecule has 8 nitrogen and oxygen atoms in total. The number of amides is 3. The van der Waals surface area contributed by atoms with Crippen molar-refractivity contribution in [3.05, 3.63) is 78.4 Å². The van der Waals surface area contributed by atoms with Crippen LogP contribution in [0.3, 0.4) is 0 Å². The molecule has 5 rings (SSSR count). The fraction of sp³-hybridized carbons (Fsp3) is 0.214. The molecule has 3 N–H and O–H groups in total. The van der Waals surface area contributed by atoms with Gasteiger partial charge in [-0.1, -0.05) is 42.5 Å². The Labute approximate surface area is 208 Å². The third kappa shape index (κ3) is 5.12. The number of aromatic nitrogens is 2. The van der Waals surface area contributed by atoms with Gasteiger partial charge in [-0.25, -0.2) is 4.98 Å². The summed E-state index contributed by atoms with van der Waals surface area (Å²) in [7, 11) is 0. The van der Waals surface area contributed by atoms with Crippen LogP contribution in [0.2, 0.25) is 0 Å². The Morgan fingerprint density at radius 2 is 1.78 bits per heavy atom. The first-order chi connectivity index (χ1) is 17.5. The molecule has 1 aliphatic heterocycles. The Balaban J connectivity index is 1.25. The number of nitrogens with zero attached hydrogens (tertiary/aromatic N) is 2. The maximum absolute atomic E-state index is 13.0. The monoisotopic (exact) mass is 481 g/mol. The van der Waals surface area contributed by atoms with E-state index in [1.807, 2.05) is 66.7 Å². The van der Waals surface area contributed by atoms with Gasteiger partial charge in [0.05, 0.1) is 17.5 Å². The van der Waals surface area contributed by atoms with E-state index in [-0.39, 0.29) is 17.7 Å². The van der Waals surface area contributed by atoms with Crippen molar-refractivity contribution in [3.63, 3.8) is 0 Å². The summed E-state index contributed by atoms with van der Waals surface area (Å²) in [5.41, 5.74) is 5.04. The number of benzene rings is 2. The molecule has 1 saturated heterocycles. The molecule has 0 unspecified atom stereocenters. The molecule has 2 aromatic heterocycles. The Hall–Kier alpha value is -4.46. The van der Waals surface area contributed by atoms with E-state index in [1.165, 1.54) is 6.92 Å². The molecule has 2 aromatic carbocycles. The molecule has 0 bridgehead atoms. The van der Waals surface area contributed by atoms with Crippen molar-refractivity contribution in [2.75, 3.05) is 17.2 Å². The fourth-order valence-electron chi connectivity index (χ4n) is 4.58. The fourth-order valence-corrected chi connectivity index (χ4v) is 4.58. The number of carbonyl (C=O) groups excluding carboxylic acids is 3. The van der Waals surface area contributed by atoms with Crippen LogP contribution in [0.5, 0.6) is 0 Å². The van der Waals surface area contributed by atoms with Crippen molar-refractivity contribution in [2.24, 2.45) is 0 Å². The lowest BCUT2D eigenvalue weighted by Gasteiger charge is -2.24. The molecular formula is C28H27N5O3. The first-order valence-electron chi connectivity index (χ1n) is 12.0. The van der Waals surface area contributed by atoms with Gasteiger partial charge >= 0.3 is 0 Å². The van der Waals surface area contributed by atoms with Crippen LogP contribution >= 0.6 is 0 Å². The van der Waals surface area contributed by atoms with Gasteiger partial charge in [0.15, 0.2) is 0 Å². The Kier molecular flexibility index (Phi) is 6.49. The number of nitrogens with one attached hydrogen (secondary N) is 3. The lowest BCUT2D eigenvalue weighted by atomic mass is 10.1. The molecule has 0 saturated carbocycles. The largest absolute Gasteiger partial charge is 0.353 e. The van der Waals surface area contributed by atoms with Gasteiger partial charge in [0.25, 0.3) is 0 Å². The van der Waals surface area contributed by atoms with Crippen molar-refractivity contribution in [1.29, 1.82) is 0 Å². The quantitative estimate of drug-likeness (QED) is 0.380. The lowest BCUT2D eigenvalue weighted by Crippen LogP contribution is -2.43. The zero-order valence-corrected chi connectivity index (χ0v) is 20.0. The SMILES string of the molecule is CC(=O)Nc1ccc2[nH]c(-c3ccc(NC(=O)[C@@H]4CCCN4C(=O)Cc4ccccc4)cc3)cc2n1. The molecule has 1 fully saturated rings. The second kappa shape index (κ2) is 10.0. The van der Waals surface area contributed by atoms with E-state index < -0.39 is 6.04 Å². The van der Waals surface area contributed by atoms with Crippen LogP contribution in [0.15, 0.2) is 72.8 Å². The van der Waals surface area contributed by atoms with Crippen LogP contribution in [0.1, 0.15) is 25.3 Å². The van der Waals surface area contributed by atoms with Crippen LogP contribution in [0.4, 0.5) is 11.5 Å². The summed E-state index contributed by atoms with van der Waals surface area (Å²) in [6, 6.07) is 22.2. The van der Waals surface area contributed by atoms with Crippen LogP contribution in [0, 0.1) is 0 Å². The van der Waals surface area contributed by atoms with E-state index >= 15 is 0 Å². The minimum absolute atomic E-state index is 0.0247. The summed E-state index contributed by atoms with van der Waals surface area (Å²) in [6.45, 7) is 2.04. The predicted octanol–water partition coefficient (Wildman–Crippen LogP) is 4.36. The Morgan fingerprint density at radius 1 is 1.00 bits per heavy atom. The minimum Gasteiger partial charge on any atom is -0.353 e. The van der Waals surface area contributed by atoms with Gasteiger partial charge in [-0.2, -0.15) is 0 Å². The predicted molar refractivity (Wildman–Crippen MR) is 139 cm³/mol. The summed E-state index contributed by atoms with van der Waals surface area (Å²) < 4.78 is 0. The molecular weight excluding hydrogens is 454 g/mol. The smallest absolute Gasteiger partial charge is 0.247 e. The van der Waals surface area contributed by atoms with Crippen LogP contribution in [0.25, 0.3) is 22.3 Å². The van der Waals surface area contributed by atoms with Crippen LogP contribution in [-0.2, 0) is 20.8 Å². The lowest BCUT2D eigenvalue weighted by molar-refractivity contribution is -0.136. The van der Waals surface area contributed by atoms with Crippen molar-refractivity contribution < 1.29 is 14.4 Å². The highest BCUT2D eigenvalue weighted by atomic mass is 16.2. The molecule has 3 amide bonds. The van der Waals surface area contributed by atoms with Gasteiger partial charge in [-0.3, -0.25) is 14.4 Å². The molecule has 0 radical (unpaired) electrons. The first-order valence-corrected chi connectivity index (χ1v) is 12.0. The number of hydrogen-bond donors (Lipinski definition) is 3. The van der Waals surface area contributed by atoms with Gasteiger partial charge < -0.3 is 20.5 Å². The van der Waals surface area contributed by atoms with Crippen molar-refractivity contribution in [2.45, 2.75) is 32.2 Å². The van der Waals surface area contributed by atoms with Crippen molar-refractivity contribution in [1.82, 2.24) is 14.9 Å². The van der Waals surface area contributed by atoms with E-state index in [2.05, 4.69) is 20.6 Å². The molecule has 1 aliphatic rings. The summed E-state index contributed by atoms with van der Waals surface area (Å²) in [4.78, 5) is 46.6. The molecule has 3 heterocycles. The number of H-pyrrole nitrogens is 1. The highest BCUT2D eigenvalue weighted by Gasteiger charge is 2.33. The van der Waals surface area contributed by atoms with Gasteiger partial charge in [0, 0.05) is 24.8 Å². The maximum Gasteiger partial charge on any atom is 0.247 e. The molecule has 0 aliphatic carbocycles. The number of likely N-dealkylation sites (tertiary alicyclic amines) is 1. The second-order valence-corrected chi connectivity index (χ2v) is 8.97. The standard InChI is InChI=1S/C28H27N5O3/c1-18(34)29-26-14-13-22-24(32-26)17-23(31-22)20-9-11-21(12-10-20)30-28(36)25-8-5-15-33(25)27(35)16-19-6-3-2-4-7-19/h2-4,6-7,9-14,17,25,31H,5,8,15-16H2,1H3,(H,30,36)(H,29,32,34)/t25-/m0/s1. The number of rotatable bonds is 6. The summed E-state index contributed by atoms with van der Waals surface area (Å²) >= 11 is 0. The van der Waals surface area contributed by atoms with Crippen LogP contribution in [-0.4, -0.2) is 45.2 Å². The maximum atomic E-state index is 13.0. The number of fused-ring (bicyclic) bond motifs is 1. The zero-order valence-electron chi connectivity index (χ0n) is 20.0. The molecule has 36 heavy (non-hydrogen) atoms. The molecule has 4 aromatic rings. The zero-order chi connectivity index (χ0) is 25.1. The van der Waals surface area contributed by atoms with Crippen molar-refractivity contribution >= 4 is 40.3 Å². The molecule has 1 atom stereocenters.